The molecule has 0 saturated heterocycles. The summed E-state index contributed by atoms with van der Waals surface area (Å²) in [6.45, 7) is 2.69. The van der Waals surface area contributed by atoms with Crippen LogP contribution in [-0.4, -0.2) is 21.5 Å². The highest BCUT2D eigenvalue weighted by molar-refractivity contribution is 7.80. The number of nitrogens with zero attached hydrogens (tertiary/aromatic N) is 1. The van der Waals surface area contributed by atoms with E-state index in [1.54, 1.807) is 11.3 Å². The number of aliphatic hydroxyl groups is 1. The maximum Gasteiger partial charge on any atom is 0.202 e. The Labute approximate surface area is 115 Å². The summed E-state index contributed by atoms with van der Waals surface area (Å²) in [4.78, 5) is 3.53. The fourth-order valence-corrected chi connectivity index (χ4v) is 3.81. The Kier molecular flexibility index (Phi) is 2.73. The van der Waals surface area contributed by atoms with Crippen molar-refractivity contribution in [3.8, 4) is 0 Å². The molecule has 0 aliphatic carbocycles. The normalized spacial score (nSPS) is 22.3. The molecular formula is C14H13NOS2. The lowest BCUT2D eigenvalue weighted by Gasteiger charge is -2.34. The van der Waals surface area contributed by atoms with Crippen molar-refractivity contribution in [1.29, 1.82) is 0 Å². The lowest BCUT2D eigenvalue weighted by molar-refractivity contribution is -0.0224. The Morgan fingerprint density at radius 1 is 1.28 bits per heavy atom. The van der Waals surface area contributed by atoms with Crippen LogP contribution in [0.15, 0.2) is 41.8 Å². The second kappa shape index (κ2) is 4.16. The van der Waals surface area contributed by atoms with Gasteiger partial charge in [0.2, 0.25) is 5.72 Å². The number of hydrogen-bond acceptors (Lipinski definition) is 3. The van der Waals surface area contributed by atoms with Gasteiger partial charge in [-0.15, -0.1) is 11.3 Å². The average molecular weight is 275 g/mol. The Hall–Kier alpha value is -1.23. The van der Waals surface area contributed by atoms with Gasteiger partial charge in [-0.05, 0) is 18.4 Å². The third kappa shape index (κ3) is 1.40. The fraction of sp³-hybridized carbons (Fsp3) is 0.214. The van der Waals surface area contributed by atoms with Crippen LogP contribution >= 0.6 is 23.6 Å². The van der Waals surface area contributed by atoms with Crippen LogP contribution in [0.3, 0.4) is 0 Å². The minimum Gasteiger partial charge on any atom is -0.362 e. The van der Waals surface area contributed by atoms with Gasteiger partial charge in [-0.3, -0.25) is 0 Å². The molecule has 1 aromatic heterocycles. The third-order valence-electron chi connectivity index (χ3n) is 3.35. The van der Waals surface area contributed by atoms with Crippen molar-refractivity contribution < 1.29 is 5.11 Å². The lowest BCUT2D eigenvalue weighted by Crippen LogP contribution is -2.43. The molecule has 2 aromatic rings. The van der Waals surface area contributed by atoms with Gasteiger partial charge in [-0.25, -0.2) is 0 Å². The summed E-state index contributed by atoms with van der Waals surface area (Å²) in [5.41, 5.74) is 0.751. The Bertz CT molecular complexity index is 594. The smallest absolute Gasteiger partial charge is 0.202 e. The van der Waals surface area contributed by atoms with Gasteiger partial charge in [-0.1, -0.05) is 42.5 Å². The monoisotopic (exact) mass is 275 g/mol. The molecule has 1 aromatic carbocycles. The van der Waals surface area contributed by atoms with Crippen LogP contribution in [0.2, 0.25) is 0 Å². The van der Waals surface area contributed by atoms with Gasteiger partial charge >= 0.3 is 0 Å². The number of benzene rings is 1. The van der Waals surface area contributed by atoms with E-state index < -0.39 is 5.72 Å². The van der Waals surface area contributed by atoms with Crippen molar-refractivity contribution in [2.24, 2.45) is 0 Å². The van der Waals surface area contributed by atoms with E-state index >= 15 is 0 Å². The van der Waals surface area contributed by atoms with Gasteiger partial charge in [0.1, 0.15) is 4.99 Å². The molecule has 1 N–H and O–H groups in total. The average Bonchev–Trinajstić information content (AvgIpc) is 2.99. The van der Waals surface area contributed by atoms with Crippen molar-refractivity contribution in [3.05, 3.63) is 57.8 Å². The summed E-state index contributed by atoms with van der Waals surface area (Å²) in [6.07, 6.45) is 0. The van der Waals surface area contributed by atoms with Gasteiger partial charge in [0.15, 0.2) is 0 Å². The zero-order valence-electron chi connectivity index (χ0n) is 9.96. The van der Waals surface area contributed by atoms with Gasteiger partial charge in [-0.2, -0.15) is 0 Å². The summed E-state index contributed by atoms with van der Waals surface area (Å²) in [5.74, 6) is 0. The lowest BCUT2D eigenvalue weighted by atomic mass is 10.00. The second-order valence-corrected chi connectivity index (χ2v) is 5.58. The summed E-state index contributed by atoms with van der Waals surface area (Å²) in [6, 6.07) is 11.7. The summed E-state index contributed by atoms with van der Waals surface area (Å²) < 4.78 is 0. The summed E-state index contributed by atoms with van der Waals surface area (Å²) in [7, 11) is 0. The first-order valence-electron chi connectivity index (χ1n) is 5.87. The molecule has 1 unspecified atom stereocenters. The molecule has 2 heterocycles. The predicted molar refractivity (Wildman–Crippen MR) is 77.8 cm³/mol. The first-order chi connectivity index (χ1) is 8.69. The van der Waals surface area contributed by atoms with E-state index in [1.165, 1.54) is 0 Å². The molecule has 0 saturated carbocycles. The van der Waals surface area contributed by atoms with Gasteiger partial charge < -0.3 is 10.0 Å². The molecule has 0 spiro atoms. The molecule has 1 atom stereocenters. The largest absolute Gasteiger partial charge is 0.362 e. The minimum absolute atomic E-state index is 0.682. The fourth-order valence-electron chi connectivity index (χ4n) is 2.53. The van der Waals surface area contributed by atoms with E-state index in [0.717, 1.165) is 21.0 Å². The van der Waals surface area contributed by atoms with Crippen molar-refractivity contribution in [2.45, 2.75) is 12.6 Å². The van der Waals surface area contributed by atoms with Gasteiger partial charge in [0, 0.05) is 17.7 Å². The quantitative estimate of drug-likeness (QED) is 0.852. The van der Waals surface area contributed by atoms with Crippen LogP contribution < -0.4 is 0 Å². The predicted octanol–water partition coefficient (Wildman–Crippen LogP) is 2.95. The maximum atomic E-state index is 11.2. The molecule has 3 rings (SSSR count). The van der Waals surface area contributed by atoms with E-state index in [1.807, 2.05) is 53.6 Å². The Balaban J connectivity index is 2.27. The Morgan fingerprint density at radius 3 is 2.72 bits per heavy atom. The van der Waals surface area contributed by atoms with Crippen molar-refractivity contribution in [3.63, 3.8) is 0 Å². The third-order valence-corrected chi connectivity index (χ3v) is 4.76. The van der Waals surface area contributed by atoms with E-state index in [9.17, 15) is 5.11 Å². The standard InChI is InChI=1S/C14H13NOS2/c1-2-15-13(17)10-6-3-4-7-11(10)14(15,16)12-8-5-9-18-12/h3-9,16H,2H2,1H3. The molecule has 18 heavy (non-hydrogen) atoms. The van der Waals surface area contributed by atoms with E-state index in [-0.39, 0.29) is 0 Å². The molecule has 0 fully saturated rings. The van der Waals surface area contributed by atoms with E-state index in [2.05, 4.69) is 0 Å². The first kappa shape index (κ1) is 11.8. The SMILES string of the molecule is CCN1C(=S)c2ccccc2C1(O)c1cccs1. The molecule has 0 bridgehead atoms. The van der Waals surface area contributed by atoms with Crippen LogP contribution in [0, 0.1) is 0 Å². The highest BCUT2D eigenvalue weighted by atomic mass is 32.1. The molecule has 1 aliphatic heterocycles. The number of thiophene rings is 1. The van der Waals surface area contributed by atoms with E-state index in [0.29, 0.717) is 6.54 Å². The maximum absolute atomic E-state index is 11.2. The minimum atomic E-state index is -1.10. The summed E-state index contributed by atoms with van der Waals surface area (Å²) >= 11 is 7.04. The molecule has 2 nitrogen and oxygen atoms in total. The van der Waals surface area contributed by atoms with Crippen LogP contribution in [0.4, 0.5) is 0 Å². The molecule has 0 amide bonds. The zero-order chi connectivity index (χ0) is 12.8. The van der Waals surface area contributed by atoms with Crippen LogP contribution in [0.5, 0.6) is 0 Å². The van der Waals surface area contributed by atoms with Gasteiger partial charge in [0.05, 0.1) is 4.88 Å². The highest BCUT2D eigenvalue weighted by Crippen LogP contribution is 2.43. The number of hydrogen-bond donors (Lipinski definition) is 1. The summed E-state index contributed by atoms with van der Waals surface area (Å²) in [5, 5.41) is 13.2. The highest BCUT2D eigenvalue weighted by Gasteiger charge is 2.47. The van der Waals surface area contributed by atoms with Crippen LogP contribution in [0.25, 0.3) is 0 Å². The van der Waals surface area contributed by atoms with Crippen molar-refractivity contribution in [1.82, 2.24) is 4.90 Å². The van der Waals surface area contributed by atoms with Crippen molar-refractivity contribution >= 4 is 28.5 Å². The number of thiocarbonyl (C=S) groups is 1. The topological polar surface area (TPSA) is 23.5 Å². The molecule has 1 aliphatic rings. The van der Waals surface area contributed by atoms with Crippen LogP contribution in [-0.2, 0) is 5.72 Å². The van der Waals surface area contributed by atoms with Crippen molar-refractivity contribution in [2.75, 3.05) is 6.54 Å². The zero-order valence-corrected chi connectivity index (χ0v) is 11.6. The molecule has 0 radical (unpaired) electrons. The Morgan fingerprint density at radius 2 is 2.06 bits per heavy atom. The molecule has 92 valence electrons. The molecule has 4 heteroatoms. The number of rotatable bonds is 2. The first-order valence-corrected chi connectivity index (χ1v) is 7.16. The van der Waals surface area contributed by atoms with Crippen LogP contribution in [0.1, 0.15) is 22.9 Å². The van der Waals surface area contributed by atoms with E-state index in [4.69, 9.17) is 12.2 Å². The number of fused-ring (bicyclic) bond motifs is 1. The van der Waals surface area contributed by atoms with Gasteiger partial charge in [0.25, 0.3) is 0 Å². The second-order valence-electron chi connectivity index (χ2n) is 4.24. The molecular weight excluding hydrogens is 262 g/mol.